The molecule has 7 aromatic carbocycles. The summed E-state index contributed by atoms with van der Waals surface area (Å²) in [6.45, 7) is 4.22. The Morgan fingerprint density at radius 3 is 1.29 bits per heavy atom. The second kappa shape index (κ2) is 12.4. The molecule has 0 saturated heterocycles. The van der Waals surface area contributed by atoms with Crippen LogP contribution in [0.25, 0.3) is 39.1 Å². The number of benzene rings is 7. The Kier molecular flexibility index (Phi) is 7.58. The summed E-state index contributed by atoms with van der Waals surface area (Å²) in [6, 6.07) is 53.8. The number of aryl methyl sites for hydroxylation is 2. The minimum atomic E-state index is -0.223. The van der Waals surface area contributed by atoms with Crippen LogP contribution < -0.4 is 4.90 Å². The van der Waals surface area contributed by atoms with E-state index in [1.807, 2.05) is 60.7 Å². The Bertz CT molecular complexity index is 2270. The van der Waals surface area contributed by atoms with Crippen molar-refractivity contribution < 1.29 is 9.59 Å². The summed E-state index contributed by atoms with van der Waals surface area (Å²) in [7, 11) is 0. The molecule has 1 aliphatic carbocycles. The van der Waals surface area contributed by atoms with E-state index in [2.05, 4.69) is 116 Å². The van der Waals surface area contributed by atoms with Crippen LogP contribution in [0.15, 0.2) is 163 Å². The molecule has 3 heteroatoms. The van der Waals surface area contributed by atoms with E-state index >= 15 is 0 Å². The third kappa shape index (κ3) is 5.77. The van der Waals surface area contributed by atoms with E-state index in [0.29, 0.717) is 11.1 Å². The number of fused-ring (bicyclic) bond motifs is 2. The van der Waals surface area contributed by atoms with Gasteiger partial charge in [-0.05, 0) is 107 Å². The number of hydrogen-bond acceptors (Lipinski definition) is 3. The van der Waals surface area contributed by atoms with Gasteiger partial charge in [0.1, 0.15) is 0 Å². The lowest BCUT2D eigenvalue weighted by Gasteiger charge is -2.26. The highest BCUT2D eigenvalue weighted by Gasteiger charge is 2.33. The first-order valence-electron chi connectivity index (χ1n) is 16.5. The molecule has 0 spiro atoms. The van der Waals surface area contributed by atoms with Crippen molar-refractivity contribution in [1.82, 2.24) is 0 Å². The van der Waals surface area contributed by atoms with Gasteiger partial charge in [0.25, 0.3) is 0 Å². The fraction of sp³-hybridized carbons (Fsp3) is 0.0435. The zero-order chi connectivity index (χ0) is 33.5. The number of allylic oxidation sites excluding steroid dienone is 1. The molecule has 0 fully saturated rings. The zero-order valence-corrected chi connectivity index (χ0v) is 27.4. The van der Waals surface area contributed by atoms with Crippen molar-refractivity contribution in [3.05, 3.63) is 191 Å². The minimum absolute atomic E-state index is 0.202. The first-order chi connectivity index (χ1) is 23.9. The molecule has 0 aromatic heterocycles. The van der Waals surface area contributed by atoms with Gasteiger partial charge in [-0.15, -0.1) is 0 Å². The molecule has 234 valence electrons. The van der Waals surface area contributed by atoms with Gasteiger partial charge in [-0.3, -0.25) is 9.59 Å². The molecule has 0 amide bonds. The predicted molar refractivity (Wildman–Crippen MR) is 202 cm³/mol. The highest BCUT2D eigenvalue weighted by molar-refractivity contribution is 6.42. The quantitative estimate of drug-likeness (QED) is 0.135. The maximum Gasteiger partial charge on any atom is 0.197 e. The molecule has 0 atom stereocenters. The zero-order valence-electron chi connectivity index (χ0n) is 27.4. The number of nitrogens with zero attached hydrogens (tertiary/aromatic N) is 1. The molecule has 7 aromatic rings. The third-order valence-corrected chi connectivity index (χ3v) is 9.28. The second-order valence-corrected chi connectivity index (χ2v) is 12.7. The van der Waals surface area contributed by atoms with Gasteiger partial charge in [0.15, 0.2) is 11.6 Å². The van der Waals surface area contributed by atoms with E-state index in [4.69, 9.17) is 0 Å². The number of Topliss-reactive ketones (excluding diaryl/α,β-unsaturated/α-hetero) is 2. The van der Waals surface area contributed by atoms with E-state index in [1.54, 1.807) is 6.08 Å². The van der Waals surface area contributed by atoms with Crippen LogP contribution in [0.3, 0.4) is 0 Å². The van der Waals surface area contributed by atoms with Gasteiger partial charge in [0.2, 0.25) is 0 Å². The van der Waals surface area contributed by atoms with Gasteiger partial charge in [-0.1, -0.05) is 120 Å². The van der Waals surface area contributed by atoms with Crippen LogP contribution in [0.5, 0.6) is 0 Å². The highest BCUT2D eigenvalue weighted by atomic mass is 16.2. The molecule has 0 N–H and O–H groups in total. The Morgan fingerprint density at radius 2 is 0.857 bits per heavy atom. The van der Waals surface area contributed by atoms with Gasteiger partial charge in [0, 0.05) is 28.2 Å². The number of carbonyl (C=O) groups excluding carboxylic acids is 2. The molecule has 8 rings (SSSR count). The molecule has 0 radical (unpaired) electrons. The van der Waals surface area contributed by atoms with Crippen molar-refractivity contribution in [3.8, 4) is 22.3 Å². The van der Waals surface area contributed by atoms with Gasteiger partial charge in [-0.2, -0.15) is 0 Å². The number of anilines is 3. The normalized spacial score (nSPS) is 12.3. The molecule has 0 bridgehead atoms. The Hall–Kier alpha value is -6.32. The number of ketones is 2. The van der Waals surface area contributed by atoms with Crippen molar-refractivity contribution >= 4 is 45.5 Å². The lowest BCUT2D eigenvalue weighted by molar-refractivity contribution is 0.0990. The summed E-state index contributed by atoms with van der Waals surface area (Å²) in [4.78, 5) is 29.0. The summed E-state index contributed by atoms with van der Waals surface area (Å²) < 4.78 is 0. The molecule has 0 heterocycles. The monoisotopic (exact) mass is 631 g/mol. The maximum absolute atomic E-state index is 13.4. The minimum Gasteiger partial charge on any atom is -0.311 e. The Labute approximate surface area is 286 Å². The van der Waals surface area contributed by atoms with Crippen LogP contribution >= 0.6 is 0 Å². The van der Waals surface area contributed by atoms with Crippen molar-refractivity contribution in [1.29, 1.82) is 0 Å². The van der Waals surface area contributed by atoms with E-state index in [-0.39, 0.29) is 17.1 Å². The molecule has 3 nitrogen and oxygen atoms in total. The molecule has 1 aliphatic rings. The molecule has 0 unspecified atom stereocenters. The topological polar surface area (TPSA) is 37.4 Å². The van der Waals surface area contributed by atoms with Crippen LogP contribution in [0.2, 0.25) is 0 Å². The Morgan fingerprint density at radius 1 is 0.429 bits per heavy atom. The van der Waals surface area contributed by atoms with Crippen LogP contribution in [0, 0.1) is 13.8 Å². The third-order valence-electron chi connectivity index (χ3n) is 9.28. The van der Waals surface area contributed by atoms with Crippen molar-refractivity contribution in [2.24, 2.45) is 0 Å². The first-order valence-corrected chi connectivity index (χ1v) is 16.5. The Balaban J connectivity index is 1.14. The van der Waals surface area contributed by atoms with Crippen molar-refractivity contribution in [2.75, 3.05) is 4.90 Å². The lowest BCUT2D eigenvalue weighted by atomic mass is 10.0. The smallest absolute Gasteiger partial charge is 0.197 e. The van der Waals surface area contributed by atoms with Gasteiger partial charge in [-0.25, -0.2) is 0 Å². The average molecular weight is 632 g/mol. The van der Waals surface area contributed by atoms with Gasteiger partial charge < -0.3 is 4.90 Å². The molecule has 49 heavy (non-hydrogen) atoms. The van der Waals surface area contributed by atoms with E-state index in [0.717, 1.165) is 44.5 Å². The second-order valence-electron chi connectivity index (χ2n) is 12.7. The van der Waals surface area contributed by atoms with Crippen LogP contribution in [0.4, 0.5) is 17.1 Å². The largest absolute Gasteiger partial charge is 0.311 e. The van der Waals surface area contributed by atoms with Gasteiger partial charge in [0.05, 0.1) is 5.57 Å². The van der Waals surface area contributed by atoms with E-state index < -0.39 is 0 Å². The van der Waals surface area contributed by atoms with E-state index in [9.17, 15) is 9.59 Å². The standard InChI is InChI=1S/C46H33NO2/c1-30-7-5-11-35(25-30)33-15-21-40(22-16-33)47(41-23-17-34(18-24-41)36-12-6-8-31(2)26-36)39-19-13-32(14-20-39)27-44-45(48)42-28-37-9-3-4-10-38(37)29-43(42)46(44)49/h3-29H,1-2H3. The summed E-state index contributed by atoms with van der Waals surface area (Å²) >= 11 is 0. The fourth-order valence-electron chi connectivity index (χ4n) is 6.73. The molecule has 0 saturated carbocycles. The molecular weight excluding hydrogens is 599 g/mol. The lowest BCUT2D eigenvalue weighted by Crippen LogP contribution is -2.10. The molecule has 0 aliphatic heterocycles. The van der Waals surface area contributed by atoms with Gasteiger partial charge >= 0.3 is 0 Å². The number of carbonyl (C=O) groups is 2. The van der Waals surface area contributed by atoms with Crippen LogP contribution in [-0.4, -0.2) is 11.6 Å². The SMILES string of the molecule is Cc1cccc(-c2ccc(N(c3ccc(C=C4C(=O)c5cc6ccccc6cc5C4=O)cc3)c3ccc(-c4cccc(C)c4)cc3)cc2)c1. The average Bonchev–Trinajstić information content (AvgIpc) is 3.36. The van der Waals surface area contributed by atoms with E-state index in [1.165, 1.54) is 22.3 Å². The maximum atomic E-state index is 13.4. The predicted octanol–water partition coefficient (Wildman–Crippen LogP) is 11.7. The fourth-order valence-corrected chi connectivity index (χ4v) is 6.73. The summed E-state index contributed by atoms with van der Waals surface area (Å²) in [5.74, 6) is -0.447. The first kappa shape index (κ1) is 30.0. The molecular formula is C46H33NO2. The van der Waals surface area contributed by atoms with Crippen LogP contribution in [-0.2, 0) is 0 Å². The van der Waals surface area contributed by atoms with Crippen molar-refractivity contribution in [2.45, 2.75) is 13.8 Å². The summed E-state index contributed by atoms with van der Waals surface area (Å²) in [6.07, 6.45) is 1.72. The van der Waals surface area contributed by atoms with Crippen LogP contribution in [0.1, 0.15) is 37.4 Å². The number of rotatable bonds is 6. The van der Waals surface area contributed by atoms with Crippen molar-refractivity contribution in [3.63, 3.8) is 0 Å². The summed E-state index contributed by atoms with van der Waals surface area (Å²) in [5, 5.41) is 1.90. The highest BCUT2D eigenvalue weighted by Crippen LogP contribution is 2.38. The number of hydrogen-bond donors (Lipinski definition) is 0. The summed E-state index contributed by atoms with van der Waals surface area (Å²) in [5.41, 5.74) is 12.1.